The van der Waals surface area contributed by atoms with Crippen molar-refractivity contribution >= 4 is 44.1 Å². The zero-order valence-electron chi connectivity index (χ0n) is 15.5. The van der Waals surface area contributed by atoms with Crippen LogP contribution in [0.1, 0.15) is 24.2 Å². The van der Waals surface area contributed by atoms with Gasteiger partial charge in [0.25, 0.3) is 5.91 Å². The van der Waals surface area contributed by atoms with Gasteiger partial charge in [0.2, 0.25) is 10.0 Å². The number of fused-ring (bicyclic) bond motifs is 1. The van der Waals surface area contributed by atoms with E-state index in [1.807, 2.05) is 18.2 Å². The van der Waals surface area contributed by atoms with Crippen molar-refractivity contribution in [3.8, 4) is 0 Å². The van der Waals surface area contributed by atoms with Crippen molar-refractivity contribution in [2.75, 3.05) is 18.4 Å². The highest BCUT2D eigenvalue weighted by Gasteiger charge is 2.23. The van der Waals surface area contributed by atoms with Gasteiger partial charge in [0.05, 0.1) is 26.7 Å². The van der Waals surface area contributed by atoms with Gasteiger partial charge in [0.1, 0.15) is 0 Å². The Kier molecular flexibility index (Phi) is 5.98. The second-order valence-corrected chi connectivity index (χ2v) is 8.41. The molecule has 0 aliphatic carbocycles. The fourth-order valence-electron chi connectivity index (χ4n) is 2.96. The van der Waals surface area contributed by atoms with Gasteiger partial charge in [-0.1, -0.05) is 43.6 Å². The first-order valence-electron chi connectivity index (χ1n) is 8.83. The molecule has 0 aliphatic rings. The molecular formula is C20H20ClN3O3S. The van der Waals surface area contributed by atoms with Gasteiger partial charge in [-0.2, -0.15) is 4.31 Å². The lowest BCUT2D eigenvalue weighted by Crippen LogP contribution is -2.30. The maximum Gasteiger partial charge on any atom is 0.256 e. The molecule has 1 aromatic heterocycles. The summed E-state index contributed by atoms with van der Waals surface area (Å²) in [6, 6.07) is 13.2. The van der Waals surface area contributed by atoms with Crippen molar-refractivity contribution in [3.63, 3.8) is 0 Å². The molecule has 0 aliphatic heterocycles. The zero-order valence-corrected chi connectivity index (χ0v) is 17.1. The average molecular weight is 418 g/mol. The predicted molar refractivity (Wildman–Crippen MR) is 111 cm³/mol. The number of carbonyl (C=O) groups is 1. The summed E-state index contributed by atoms with van der Waals surface area (Å²) in [6.07, 6.45) is 1.56. The van der Waals surface area contributed by atoms with Crippen LogP contribution >= 0.6 is 11.6 Å². The molecule has 28 heavy (non-hydrogen) atoms. The van der Waals surface area contributed by atoms with Crippen LogP contribution in [0.5, 0.6) is 0 Å². The maximum atomic E-state index is 12.8. The van der Waals surface area contributed by atoms with Crippen molar-refractivity contribution in [2.45, 2.75) is 18.7 Å². The fraction of sp³-hybridized carbons (Fsp3) is 0.200. The molecule has 1 amide bonds. The number of amides is 1. The van der Waals surface area contributed by atoms with E-state index in [9.17, 15) is 13.2 Å². The number of nitrogens with zero attached hydrogens (tertiary/aromatic N) is 2. The van der Waals surface area contributed by atoms with Gasteiger partial charge in [0, 0.05) is 24.7 Å². The normalized spacial score (nSPS) is 11.7. The van der Waals surface area contributed by atoms with Crippen molar-refractivity contribution < 1.29 is 13.2 Å². The molecule has 146 valence electrons. The smallest absolute Gasteiger partial charge is 0.256 e. The molecule has 8 heteroatoms. The number of carbonyl (C=O) groups excluding carboxylic acids is 1. The van der Waals surface area contributed by atoms with Gasteiger partial charge < -0.3 is 5.32 Å². The van der Waals surface area contributed by atoms with Crippen LogP contribution in [0.3, 0.4) is 0 Å². The van der Waals surface area contributed by atoms with Gasteiger partial charge in [-0.3, -0.25) is 9.78 Å². The molecule has 0 spiro atoms. The average Bonchev–Trinajstić information content (AvgIpc) is 2.69. The lowest BCUT2D eigenvalue weighted by molar-refractivity contribution is 0.102. The Hall–Kier alpha value is -2.48. The third kappa shape index (κ3) is 3.87. The molecule has 3 aromatic rings. The van der Waals surface area contributed by atoms with E-state index < -0.39 is 15.9 Å². The summed E-state index contributed by atoms with van der Waals surface area (Å²) in [5.74, 6) is -0.391. The Bertz CT molecular complexity index is 1120. The first kappa shape index (κ1) is 20.3. The van der Waals surface area contributed by atoms with E-state index >= 15 is 0 Å². The Morgan fingerprint density at radius 3 is 2.54 bits per heavy atom. The largest absolute Gasteiger partial charge is 0.321 e. The van der Waals surface area contributed by atoms with Crippen LogP contribution in [-0.4, -0.2) is 36.7 Å². The molecule has 1 N–H and O–H groups in total. The monoisotopic (exact) mass is 417 g/mol. The first-order valence-corrected chi connectivity index (χ1v) is 10.6. The highest BCUT2D eigenvalue weighted by atomic mass is 35.5. The standard InChI is InChI=1S/C20H20ClN3O3S/c1-3-24(4-2)28(26,27)14-9-10-17(21)19(13-14)23-20(25)16-11-12-22-18-8-6-5-7-15(16)18/h5-13H,3-4H2,1-2H3,(H,23,25). The van der Waals surface area contributed by atoms with Crippen molar-refractivity contribution in [1.29, 1.82) is 0 Å². The van der Waals surface area contributed by atoms with E-state index in [-0.39, 0.29) is 15.6 Å². The minimum atomic E-state index is -3.66. The summed E-state index contributed by atoms with van der Waals surface area (Å²) in [5, 5.41) is 3.68. The van der Waals surface area contributed by atoms with Gasteiger partial charge in [-0.05, 0) is 30.3 Å². The molecule has 0 saturated carbocycles. The van der Waals surface area contributed by atoms with E-state index in [1.165, 1.54) is 22.5 Å². The van der Waals surface area contributed by atoms with E-state index in [0.717, 1.165) is 0 Å². The highest BCUT2D eigenvalue weighted by molar-refractivity contribution is 7.89. The number of nitrogens with one attached hydrogen (secondary N) is 1. The molecule has 0 radical (unpaired) electrons. The second-order valence-electron chi connectivity index (χ2n) is 6.06. The first-order chi connectivity index (χ1) is 13.4. The van der Waals surface area contributed by atoms with Gasteiger partial charge >= 0.3 is 0 Å². The van der Waals surface area contributed by atoms with E-state index in [2.05, 4.69) is 10.3 Å². The molecule has 3 rings (SSSR count). The number of hydrogen-bond donors (Lipinski definition) is 1. The Morgan fingerprint density at radius 2 is 1.82 bits per heavy atom. The summed E-state index contributed by atoms with van der Waals surface area (Å²) in [6.45, 7) is 4.25. The number of aromatic nitrogens is 1. The summed E-state index contributed by atoms with van der Waals surface area (Å²) in [7, 11) is -3.66. The minimum Gasteiger partial charge on any atom is -0.321 e. The van der Waals surface area contributed by atoms with E-state index in [4.69, 9.17) is 11.6 Å². The molecule has 1 heterocycles. The number of benzene rings is 2. The number of rotatable bonds is 6. The lowest BCUT2D eigenvalue weighted by Gasteiger charge is -2.19. The van der Waals surface area contributed by atoms with Gasteiger partial charge in [-0.25, -0.2) is 8.42 Å². The van der Waals surface area contributed by atoms with Crippen LogP contribution in [0, 0.1) is 0 Å². The molecular weight excluding hydrogens is 398 g/mol. The SMILES string of the molecule is CCN(CC)S(=O)(=O)c1ccc(Cl)c(NC(=O)c2ccnc3ccccc23)c1. The predicted octanol–water partition coefficient (Wildman–Crippen LogP) is 4.17. The second kappa shape index (κ2) is 8.26. The van der Waals surface area contributed by atoms with Crippen LogP contribution < -0.4 is 5.32 Å². The van der Waals surface area contributed by atoms with Crippen LogP contribution in [0.15, 0.2) is 59.6 Å². The molecule has 0 unspecified atom stereocenters. The molecule has 0 fully saturated rings. The molecule has 2 aromatic carbocycles. The third-order valence-corrected chi connectivity index (χ3v) is 6.80. The van der Waals surface area contributed by atoms with Gasteiger partial charge in [0.15, 0.2) is 0 Å². The van der Waals surface area contributed by atoms with Crippen LogP contribution in [0.25, 0.3) is 10.9 Å². The Balaban J connectivity index is 1.97. The molecule has 6 nitrogen and oxygen atoms in total. The highest BCUT2D eigenvalue weighted by Crippen LogP contribution is 2.28. The Morgan fingerprint density at radius 1 is 1.11 bits per heavy atom. The number of hydrogen-bond acceptors (Lipinski definition) is 4. The summed E-state index contributed by atoms with van der Waals surface area (Å²) in [4.78, 5) is 17.2. The van der Waals surface area contributed by atoms with Crippen molar-refractivity contribution in [2.24, 2.45) is 0 Å². The van der Waals surface area contributed by atoms with Gasteiger partial charge in [-0.15, -0.1) is 0 Å². The maximum absolute atomic E-state index is 12.8. The van der Waals surface area contributed by atoms with Crippen molar-refractivity contribution in [3.05, 3.63) is 65.3 Å². The minimum absolute atomic E-state index is 0.0792. The molecule has 0 atom stereocenters. The topological polar surface area (TPSA) is 79.4 Å². The zero-order chi connectivity index (χ0) is 20.3. The molecule has 0 bridgehead atoms. The fourth-order valence-corrected chi connectivity index (χ4v) is 4.61. The molecule has 0 saturated heterocycles. The Labute approximate surface area is 169 Å². The number of halogens is 1. The summed E-state index contributed by atoms with van der Waals surface area (Å²) in [5.41, 5.74) is 1.36. The quantitative estimate of drug-likeness (QED) is 0.652. The van der Waals surface area contributed by atoms with E-state index in [1.54, 1.807) is 32.2 Å². The van der Waals surface area contributed by atoms with Crippen LogP contribution in [0.2, 0.25) is 5.02 Å². The van der Waals surface area contributed by atoms with Crippen LogP contribution in [-0.2, 0) is 10.0 Å². The lowest BCUT2D eigenvalue weighted by atomic mass is 10.1. The summed E-state index contributed by atoms with van der Waals surface area (Å²) < 4.78 is 26.8. The number of sulfonamides is 1. The number of para-hydroxylation sites is 1. The van der Waals surface area contributed by atoms with Crippen LogP contribution in [0.4, 0.5) is 5.69 Å². The van der Waals surface area contributed by atoms with E-state index in [0.29, 0.717) is 29.6 Å². The van der Waals surface area contributed by atoms with Crippen molar-refractivity contribution in [1.82, 2.24) is 9.29 Å². The third-order valence-electron chi connectivity index (χ3n) is 4.42. The number of pyridine rings is 1. The summed E-state index contributed by atoms with van der Waals surface area (Å²) >= 11 is 6.21. The number of anilines is 1.